The Morgan fingerprint density at radius 3 is 2.75 bits per heavy atom. The number of aliphatic hydroxyl groups is 2. The molecule has 2 N–H and O–H groups in total. The molecular weight excluding hydrogens is 364 g/mol. The maximum Gasteiger partial charge on any atom is 0.231 e. The van der Waals surface area contributed by atoms with Gasteiger partial charge in [-0.3, -0.25) is 4.79 Å². The fourth-order valence-corrected chi connectivity index (χ4v) is 5.30. The molecule has 1 aromatic rings. The van der Waals surface area contributed by atoms with Gasteiger partial charge < -0.3 is 29.2 Å². The number of carbonyl (C=O) groups is 1. The zero-order valence-corrected chi connectivity index (χ0v) is 16.1. The van der Waals surface area contributed by atoms with Gasteiger partial charge in [-0.25, -0.2) is 0 Å². The monoisotopic (exact) mass is 388 g/mol. The highest BCUT2D eigenvalue weighted by Gasteiger charge is 2.72. The number of ketones is 1. The highest BCUT2D eigenvalue weighted by Crippen LogP contribution is 2.64. The van der Waals surface area contributed by atoms with Crippen LogP contribution in [-0.4, -0.2) is 48.7 Å². The molecule has 4 rings (SSSR count). The Balaban J connectivity index is 1.95. The lowest BCUT2D eigenvalue weighted by Crippen LogP contribution is -2.57. The van der Waals surface area contributed by atoms with Gasteiger partial charge >= 0.3 is 0 Å². The fraction of sp³-hybridized carbons (Fsp3) is 0.476. The quantitative estimate of drug-likeness (QED) is 0.749. The average Bonchev–Trinajstić information content (AvgIpc) is 3.21. The molecule has 3 aliphatic rings. The van der Waals surface area contributed by atoms with Crippen molar-refractivity contribution in [1.29, 1.82) is 0 Å². The number of allylic oxidation sites excluding steroid dienone is 1. The van der Waals surface area contributed by atoms with Gasteiger partial charge in [-0.05, 0) is 36.1 Å². The minimum Gasteiger partial charge on any atom is -0.505 e. The lowest BCUT2D eigenvalue weighted by Gasteiger charge is -2.41. The van der Waals surface area contributed by atoms with Gasteiger partial charge in [-0.15, -0.1) is 6.58 Å². The molecule has 2 bridgehead atoms. The SMILES string of the molecule is C=CC[C@@]12C=C(O)C(=O)[C@@](OC)([C@@H](c3cc(OC)c4c(c3)OCO4)[C@@H]1C)[C@H]2O. The predicted octanol–water partition coefficient (Wildman–Crippen LogP) is 2.49. The van der Waals surface area contributed by atoms with Crippen molar-refractivity contribution < 1.29 is 34.0 Å². The molecule has 0 amide bonds. The molecule has 2 aliphatic carbocycles. The van der Waals surface area contributed by atoms with Crippen LogP contribution in [0.3, 0.4) is 0 Å². The summed E-state index contributed by atoms with van der Waals surface area (Å²) in [5.74, 6) is -0.347. The molecule has 0 spiro atoms. The van der Waals surface area contributed by atoms with Crippen molar-refractivity contribution >= 4 is 5.78 Å². The molecular formula is C21H24O7. The Morgan fingerprint density at radius 1 is 1.36 bits per heavy atom. The van der Waals surface area contributed by atoms with E-state index in [9.17, 15) is 15.0 Å². The first kappa shape index (κ1) is 18.8. The van der Waals surface area contributed by atoms with E-state index in [4.69, 9.17) is 18.9 Å². The van der Waals surface area contributed by atoms with Crippen molar-refractivity contribution in [1.82, 2.24) is 0 Å². The van der Waals surface area contributed by atoms with Crippen molar-refractivity contribution in [3.63, 3.8) is 0 Å². The molecule has 1 saturated carbocycles. The molecule has 0 radical (unpaired) electrons. The number of Topliss-reactive ketones (excluding diaryl/α,β-unsaturated/α-hetero) is 1. The van der Waals surface area contributed by atoms with Crippen LogP contribution in [0.2, 0.25) is 0 Å². The third-order valence-electron chi connectivity index (χ3n) is 6.59. The number of carbonyl (C=O) groups excluding carboxylic acids is 1. The second-order valence-electron chi connectivity index (χ2n) is 7.59. The Morgan fingerprint density at radius 2 is 2.11 bits per heavy atom. The van der Waals surface area contributed by atoms with Crippen LogP contribution in [0.5, 0.6) is 17.2 Å². The van der Waals surface area contributed by atoms with Crippen LogP contribution < -0.4 is 14.2 Å². The zero-order chi connectivity index (χ0) is 20.3. The van der Waals surface area contributed by atoms with Gasteiger partial charge in [0.25, 0.3) is 0 Å². The highest BCUT2D eigenvalue weighted by atomic mass is 16.7. The number of rotatable bonds is 5. The molecule has 0 aromatic heterocycles. The summed E-state index contributed by atoms with van der Waals surface area (Å²) in [7, 11) is 2.91. The summed E-state index contributed by atoms with van der Waals surface area (Å²) in [4.78, 5) is 13.1. The number of aliphatic hydroxyl groups excluding tert-OH is 2. The molecule has 150 valence electrons. The molecule has 0 saturated heterocycles. The van der Waals surface area contributed by atoms with Gasteiger partial charge in [0, 0.05) is 18.4 Å². The number of hydrogen-bond acceptors (Lipinski definition) is 7. The number of methoxy groups -OCH3 is 2. The topological polar surface area (TPSA) is 94.5 Å². The van der Waals surface area contributed by atoms with E-state index in [-0.39, 0.29) is 12.7 Å². The summed E-state index contributed by atoms with van der Waals surface area (Å²) < 4.78 is 22.2. The van der Waals surface area contributed by atoms with E-state index in [0.29, 0.717) is 29.2 Å². The third kappa shape index (κ3) is 2.08. The van der Waals surface area contributed by atoms with E-state index >= 15 is 0 Å². The normalized spacial score (nSPS) is 35.6. The Labute approximate surface area is 163 Å². The standard InChI is InChI=1S/C21H24O7/c1-5-6-20-9-13(22)18(23)21(26-4,19(20)24)16(11(20)2)12-7-14(25-3)17-15(8-12)27-10-28-17/h5,7-9,11,16,19,22,24H,1,6,10H2,2-4H3/t11-,16+,19-,20+,21-/m0/s1. The van der Waals surface area contributed by atoms with Gasteiger partial charge in [-0.1, -0.05) is 13.0 Å². The van der Waals surface area contributed by atoms with Gasteiger partial charge in [-0.2, -0.15) is 0 Å². The first-order valence-corrected chi connectivity index (χ1v) is 9.15. The van der Waals surface area contributed by atoms with Crippen LogP contribution in [0.15, 0.2) is 36.6 Å². The average molecular weight is 388 g/mol. The maximum absolute atomic E-state index is 13.1. The maximum atomic E-state index is 13.1. The van der Waals surface area contributed by atoms with Gasteiger partial charge in [0.1, 0.15) is 6.10 Å². The molecule has 28 heavy (non-hydrogen) atoms. The Hall–Kier alpha value is -2.51. The molecule has 0 unspecified atom stereocenters. The molecule has 5 atom stereocenters. The highest BCUT2D eigenvalue weighted by molar-refractivity contribution is 6.03. The largest absolute Gasteiger partial charge is 0.505 e. The second kappa shape index (κ2) is 6.25. The molecule has 1 fully saturated rings. The molecule has 7 heteroatoms. The van der Waals surface area contributed by atoms with Gasteiger partial charge in [0.15, 0.2) is 22.9 Å². The molecule has 1 aromatic carbocycles. The lowest BCUT2D eigenvalue weighted by molar-refractivity contribution is -0.161. The van der Waals surface area contributed by atoms with Crippen molar-refractivity contribution in [2.75, 3.05) is 21.0 Å². The van der Waals surface area contributed by atoms with E-state index in [1.165, 1.54) is 20.3 Å². The number of fused-ring (bicyclic) bond motifs is 3. The molecule has 1 heterocycles. The number of benzene rings is 1. The van der Waals surface area contributed by atoms with Gasteiger partial charge in [0.2, 0.25) is 18.3 Å². The van der Waals surface area contributed by atoms with Crippen molar-refractivity contribution in [2.45, 2.75) is 31.0 Å². The van der Waals surface area contributed by atoms with Crippen LogP contribution >= 0.6 is 0 Å². The van der Waals surface area contributed by atoms with E-state index < -0.39 is 34.6 Å². The smallest absolute Gasteiger partial charge is 0.231 e. The summed E-state index contributed by atoms with van der Waals surface area (Å²) >= 11 is 0. The molecule has 7 nitrogen and oxygen atoms in total. The third-order valence-corrected chi connectivity index (χ3v) is 6.59. The first-order chi connectivity index (χ1) is 13.4. The number of ether oxygens (including phenoxy) is 4. The Kier molecular flexibility index (Phi) is 4.21. The van der Waals surface area contributed by atoms with Crippen LogP contribution in [-0.2, 0) is 9.53 Å². The lowest BCUT2D eigenvalue weighted by atomic mass is 9.70. The first-order valence-electron chi connectivity index (χ1n) is 9.15. The summed E-state index contributed by atoms with van der Waals surface area (Å²) in [5.41, 5.74) is -1.80. The number of hydrogen-bond donors (Lipinski definition) is 2. The van der Waals surface area contributed by atoms with Gasteiger partial charge in [0.05, 0.1) is 7.11 Å². The fourth-order valence-electron chi connectivity index (χ4n) is 5.30. The van der Waals surface area contributed by atoms with Crippen LogP contribution in [0.25, 0.3) is 0 Å². The second-order valence-corrected chi connectivity index (χ2v) is 7.59. The van der Waals surface area contributed by atoms with Crippen LogP contribution in [0.1, 0.15) is 24.8 Å². The zero-order valence-electron chi connectivity index (χ0n) is 16.1. The predicted molar refractivity (Wildman–Crippen MR) is 99.7 cm³/mol. The minimum atomic E-state index is -1.63. The van der Waals surface area contributed by atoms with E-state index in [1.807, 2.05) is 6.92 Å². The van der Waals surface area contributed by atoms with E-state index in [1.54, 1.807) is 18.2 Å². The van der Waals surface area contributed by atoms with Crippen molar-refractivity contribution in [3.05, 3.63) is 42.2 Å². The van der Waals surface area contributed by atoms with Crippen molar-refractivity contribution in [2.24, 2.45) is 11.3 Å². The molecule has 1 aliphatic heterocycles. The van der Waals surface area contributed by atoms with Crippen LogP contribution in [0, 0.1) is 11.3 Å². The van der Waals surface area contributed by atoms with E-state index in [0.717, 1.165) is 0 Å². The summed E-state index contributed by atoms with van der Waals surface area (Å²) in [6.07, 6.45) is 2.38. The minimum absolute atomic E-state index is 0.0785. The Bertz CT molecular complexity index is 876. The van der Waals surface area contributed by atoms with E-state index in [2.05, 4.69) is 6.58 Å². The summed E-state index contributed by atoms with van der Waals surface area (Å²) in [6, 6.07) is 3.56. The van der Waals surface area contributed by atoms with Crippen molar-refractivity contribution in [3.8, 4) is 17.2 Å². The van der Waals surface area contributed by atoms with Crippen LogP contribution in [0.4, 0.5) is 0 Å². The summed E-state index contributed by atoms with van der Waals surface area (Å²) in [5, 5.41) is 21.7. The summed E-state index contributed by atoms with van der Waals surface area (Å²) in [6.45, 7) is 5.82.